The van der Waals surface area contributed by atoms with Gasteiger partial charge in [-0.2, -0.15) is 5.10 Å². The molecule has 1 aliphatic heterocycles. The summed E-state index contributed by atoms with van der Waals surface area (Å²) >= 11 is 0. The lowest BCUT2D eigenvalue weighted by Gasteiger charge is -2.24. The third kappa shape index (κ3) is 3.79. The molecule has 1 amide bonds. The number of carbonyl (C=O) groups excluding carboxylic acids is 1. The van der Waals surface area contributed by atoms with Crippen LogP contribution in [-0.2, 0) is 12.6 Å². The maximum atomic E-state index is 13.1. The third-order valence-electron chi connectivity index (χ3n) is 4.84. The van der Waals surface area contributed by atoms with E-state index in [-0.39, 0.29) is 25.1 Å². The molecule has 3 aromatic rings. The smallest absolute Gasteiger partial charge is 0.269 e. The quantitative estimate of drug-likeness (QED) is 0.691. The molecule has 8 heteroatoms. The Morgan fingerprint density at radius 3 is 2.69 bits per heavy atom. The average Bonchev–Trinajstić information content (AvgIpc) is 3.32. The van der Waals surface area contributed by atoms with Gasteiger partial charge in [-0.15, -0.1) is 0 Å². The van der Waals surface area contributed by atoms with Crippen LogP contribution < -0.4 is 14.8 Å². The summed E-state index contributed by atoms with van der Waals surface area (Å²) in [4.78, 5) is 12.6. The molecule has 2 aromatic carbocycles. The number of benzene rings is 2. The van der Waals surface area contributed by atoms with Crippen LogP contribution >= 0.6 is 0 Å². The van der Waals surface area contributed by atoms with Crippen molar-refractivity contribution in [3.05, 3.63) is 65.6 Å². The van der Waals surface area contributed by atoms with Crippen molar-refractivity contribution in [1.29, 1.82) is 0 Å². The highest BCUT2D eigenvalue weighted by molar-refractivity contribution is 5.93. The van der Waals surface area contributed by atoms with Crippen LogP contribution in [0.5, 0.6) is 11.5 Å². The van der Waals surface area contributed by atoms with E-state index < -0.39 is 5.60 Å². The molecule has 0 aliphatic carbocycles. The fraction of sp³-hybridized carbons (Fsp3) is 0.238. The molecule has 0 radical (unpaired) electrons. The van der Waals surface area contributed by atoms with Crippen molar-refractivity contribution >= 4 is 5.91 Å². The minimum Gasteiger partial charge on any atom is -0.454 e. The second kappa shape index (κ2) is 7.21. The standard InChI is InChI=1S/C21H20FN3O4/c1-21(27,14-5-8-18-19(9-14)29-12-28-18)11-23-20(26)17-10-16(24-25(17)2)13-3-6-15(22)7-4-13/h3-10,27H,11-12H2,1-2H3,(H,23,26)/t21-/m1/s1. The molecule has 29 heavy (non-hydrogen) atoms. The van der Waals surface area contributed by atoms with E-state index in [0.29, 0.717) is 34.0 Å². The Hall–Kier alpha value is -3.39. The van der Waals surface area contributed by atoms with Crippen molar-refractivity contribution in [2.24, 2.45) is 7.05 Å². The molecular weight excluding hydrogens is 377 g/mol. The molecule has 0 fully saturated rings. The molecule has 1 atom stereocenters. The van der Waals surface area contributed by atoms with Gasteiger partial charge in [0, 0.05) is 12.6 Å². The largest absolute Gasteiger partial charge is 0.454 e. The Bertz CT molecular complexity index is 1060. The summed E-state index contributed by atoms with van der Waals surface area (Å²) in [5, 5.41) is 17.9. The first-order valence-electron chi connectivity index (χ1n) is 9.04. The lowest BCUT2D eigenvalue weighted by molar-refractivity contribution is 0.0522. The number of hydrogen-bond acceptors (Lipinski definition) is 5. The summed E-state index contributed by atoms with van der Waals surface area (Å²) in [5.74, 6) is 0.462. The first kappa shape index (κ1) is 18.9. The van der Waals surface area contributed by atoms with E-state index in [1.54, 1.807) is 50.4 Å². The fourth-order valence-corrected chi connectivity index (χ4v) is 3.12. The number of nitrogens with one attached hydrogen (secondary N) is 1. The summed E-state index contributed by atoms with van der Waals surface area (Å²) in [5.41, 5.74) is 0.869. The Kier molecular flexibility index (Phi) is 4.71. The molecular formula is C21H20FN3O4. The summed E-state index contributed by atoms with van der Waals surface area (Å²) in [7, 11) is 1.65. The van der Waals surface area contributed by atoms with Crippen LogP contribution in [0.3, 0.4) is 0 Å². The van der Waals surface area contributed by atoms with Gasteiger partial charge in [-0.1, -0.05) is 6.07 Å². The molecule has 1 aliphatic rings. The molecule has 4 rings (SSSR count). The van der Waals surface area contributed by atoms with E-state index in [0.717, 1.165) is 0 Å². The first-order valence-corrected chi connectivity index (χ1v) is 9.04. The van der Waals surface area contributed by atoms with E-state index in [9.17, 15) is 14.3 Å². The molecule has 0 saturated heterocycles. The monoisotopic (exact) mass is 397 g/mol. The summed E-state index contributed by atoms with van der Waals surface area (Å²) < 4.78 is 25.2. The maximum absolute atomic E-state index is 13.1. The van der Waals surface area contributed by atoms with Gasteiger partial charge in [0.15, 0.2) is 11.5 Å². The predicted molar refractivity (Wildman–Crippen MR) is 103 cm³/mol. The van der Waals surface area contributed by atoms with Gasteiger partial charge < -0.3 is 19.9 Å². The minimum atomic E-state index is -1.31. The number of amides is 1. The number of halogens is 1. The van der Waals surface area contributed by atoms with Gasteiger partial charge in [-0.25, -0.2) is 4.39 Å². The van der Waals surface area contributed by atoms with Crippen LogP contribution in [0.2, 0.25) is 0 Å². The molecule has 7 nitrogen and oxygen atoms in total. The van der Waals surface area contributed by atoms with Gasteiger partial charge >= 0.3 is 0 Å². The SMILES string of the molecule is Cn1nc(-c2ccc(F)cc2)cc1C(=O)NC[C@@](C)(O)c1ccc2c(c1)OCO2. The van der Waals surface area contributed by atoms with Gasteiger partial charge in [-0.05, 0) is 55.0 Å². The van der Waals surface area contributed by atoms with Crippen molar-refractivity contribution in [2.45, 2.75) is 12.5 Å². The highest BCUT2D eigenvalue weighted by Gasteiger charge is 2.27. The predicted octanol–water partition coefficient (Wildman–Crippen LogP) is 2.59. The number of fused-ring (bicyclic) bond motifs is 1. The zero-order valence-corrected chi connectivity index (χ0v) is 16.0. The minimum absolute atomic E-state index is 0.0114. The van der Waals surface area contributed by atoms with E-state index in [1.165, 1.54) is 16.8 Å². The van der Waals surface area contributed by atoms with Crippen molar-refractivity contribution in [1.82, 2.24) is 15.1 Å². The normalized spacial score (nSPS) is 14.5. The van der Waals surface area contributed by atoms with Crippen molar-refractivity contribution in [3.63, 3.8) is 0 Å². The second-order valence-corrected chi connectivity index (χ2v) is 7.07. The summed E-state index contributed by atoms with van der Waals surface area (Å²) in [6.07, 6.45) is 0. The van der Waals surface area contributed by atoms with E-state index in [2.05, 4.69) is 10.4 Å². The number of aryl methyl sites for hydroxylation is 1. The van der Waals surface area contributed by atoms with Crippen molar-refractivity contribution in [2.75, 3.05) is 13.3 Å². The Balaban J connectivity index is 1.47. The second-order valence-electron chi connectivity index (χ2n) is 7.07. The van der Waals surface area contributed by atoms with Crippen molar-refractivity contribution in [3.8, 4) is 22.8 Å². The van der Waals surface area contributed by atoms with Gasteiger partial charge in [0.2, 0.25) is 6.79 Å². The number of nitrogens with zero attached hydrogens (tertiary/aromatic N) is 2. The molecule has 1 aromatic heterocycles. The molecule has 150 valence electrons. The number of hydrogen-bond donors (Lipinski definition) is 2. The lowest BCUT2D eigenvalue weighted by atomic mass is 9.95. The zero-order chi connectivity index (χ0) is 20.6. The molecule has 0 spiro atoms. The van der Waals surface area contributed by atoms with Gasteiger partial charge in [-0.3, -0.25) is 9.48 Å². The van der Waals surface area contributed by atoms with Gasteiger partial charge in [0.25, 0.3) is 5.91 Å². The van der Waals surface area contributed by atoms with E-state index >= 15 is 0 Å². The van der Waals surface area contributed by atoms with Gasteiger partial charge in [0.05, 0.1) is 12.2 Å². The first-order chi connectivity index (χ1) is 13.8. The molecule has 0 saturated carbocycles. The summed E-state index contributed by atoms with van der Waals surface area (Å²) in [6, 6.07) is 12.7. The Morgan fingerprint density at radius 1 is 1.21 bits per heavy atom. The van der Waals surface area contributed by atoms with Crippen LogP contribution in [0.1, 0.15) is 23.0 Å². The van der Waals surface area contributed by atoms with E-state index in [4.69, 9.17) is 9.47 Å². The molecule has 2 heterocycles. The number of carbonyl (C=O) groups is 1. The lowest BCUT2D eigenvalue weighted by Crippen LogP contribution is -2.39. The van der Waals surface area contributed by atoms with Crippen LogP contribution in [0.4, 0.5) is 4.39 Å². The van der Waals surface area contributed by atoms with Crippen LogP contribution in [0, 0.1) is 5.82 Å². The highest BCUT2D eigenvalue weighted by atomic mass is 19.1. The number of ether oxygens (including phenoxy) is 2. The average molecular weight is 397 g/mol. The Morgan fingerprint density at radius 2 is 1.93 bits per heavy atom. The molecule has 2 N–H and O–H groups in total. The Labute approximate surface area is 166 Å². The topological polar surface area (TPSA) is 85.6 Å². The molecule has 0 bridgehead atoms. The highest BCUT2D eigenvalue weighted by Crippen LogP contribution is 2.35. The number of aromatic nitrogens is 2. The zero-order valence-electron chi connectivity index (χ0n) is 16.0. The number of rotatable bonds is 5. The van der Waals surface area contributed by atoms with E-state index in [1.807, 2.05) is 0 Å². The fourth-order valence-electron chi connectivity index (χ4n) is 3.12. The van der Waals surface area contributed by atoms with Gasteiger partial charge in [0.1, 0.15) is 17.1 Å². The maximum Gasteiger partial charge on any atom is 0.269 e. The van der Waals surface area contributed by atoms with Crippen molar-refractivity contribution < 1.29 is 23.8 Å². The molecule has 0 unspecified atom stereocenters. The van der Waals surface area contributed by atoms with Crippen LogP contribution in [0.15, 0.2) is 48.5 Å². The van der Waals surface area contributed by atoms with Crippen LogP contribution in [0.25, 0.3) is 11.3 Å². The number of aliphatic hydroxyl groups is 1. The summed E-state index contributed by atoms with van der Waals surface area (Å²) in [6.45, 7) is 1.75. The van der Waals surface area contributed by atoms with Crippen LogP contribution in [-0.4, -0.2) is 34.1 Å². The third-order valence-corrected chi connectivity index (χ3v) is 4.84.